The molecule has 1 unspecified atom stereocenters. The summed E-state index contributed by atoms with van der Waals surface area (Å²) in [5.74, 6) is 0.940. The van der Waals surface area contributed by atoms with E-state index in [1.54, 1.807) is 6.20 Å². The van der Waals surface area contributed by atoms with Crippen LogP contribution < -0.4 is 0 Å². The molecule has 1 aliphatic rings. The number of nitrogens with zero attached hydrogens (tertiary/aromatic N) is 3. The molecule has 0 bridgehead atoms. The summed E-state index contributed by atoms with van der Waals surface area (Å²) in [6, 6.07) is 0. The molecule has 4 nitrogen and oxygen atoms in total. The fraction of sp³-hybridized carbons (Fsp3) is 0.667. The average Bonchev–Trinajstić information content (AvgIpc) is 2.62. The monoisotopic (exact) mass is 181 g/mol. The van der Waals surface area contributed by atoms with Gasteiger partial charge < -0.3 is 10.0 Å². The highest BCUT2D eigenvalue weighted by molar-refractivity contribution is 5.08. The second-order valence-electron chi connectivity index (χ2n) is 3.84. The summed E-state index contributed by atoms with van der Waals surface area (Å²) < 4.78 is 1.82. The van der Waals surface area contributed by atoms with Gasteiger partial charge in [0.05, 0.1) is 12.4 Å². The number of aromatic nitrogens is 2. The van der Waals surface area contributed by atoms with Gasteiger partial charge in [0.15, 0.2) is 5.75 Å². The van der Waals surface area contributed by atoms with Gasteiger partial charge in [0.1, 0.15) is 0 Å². The van der Waals surface area contributed by atoms with Gasteiger partial charge in [-0.1, -0.05) is 0 Å². The highest BCUT2D eigenvalue weighted by Crippen LogP contribution is 2.16. The molecule has 4 heteroatoms. The van der Waals surface area contributed by atoms with Gasteiger partial charge in [0.25, 0.3) is 0 Å². The summed E-state index contributed by atoms with van der Waals surface area (Å²) in [7, 11) is 2.14. The predicted molar refractivity (Wildman–Crippen MR) is 49.5 cm³/mol. The minimum atomic E-state index is 0.256. The van der Waals surface area contributed by atoms with Crippen LogP contribution in [0.2, 0.25) is 0 Å². The third kappa shape index (κ3) is 2.01. The van der Waals surface area contributed by atoms with Crippen molar-refractivity contribution in [1.29, 1.82) is 0 Å². The van der Waals surface area contributed by atoms with Crippen molar-refractivity contribution < 1.29 is 5.11 Å². The topological polar surface area (TPSA) is 41.3 Å². The minimum absolute atomic E-state index is 0.256. The van der Waals surface area contributed by atoms with Crippen molar-refractivity contribution >= 4 is 0 Å². The molecule has 1 N–H and O–H groups in total. The molecule has 0 spiro atoms. The van der Waals surface area contributed by atoms with Crippen LogP contribution in [0, 0.1) is 5.92 Å². The Hall–Kier alpha value is -1.03. The summed E-state index contributed by atoms with van der Waals surface area (Å²) in [4.78, 5) is 2.33. The Kier molecular flexibility index (Phi) is 2.22. The summed E-state index contributed by atoms with van der Waals surface area (Å²) in [5.41, 5.74) is 0. The molecule has 0 radical (unpaired) electrons. The summed E-state index contributed by atoms with van der Waals surface area (Å²) in [5, 5.41) is 13.1. The Labute approximate surface area is 77.8 Å². The summed E-state index contributed by atoms with van der Waals surface area (Å²) >= 11 is 0. The van der Waals surface area contributed by atoms with Crippen molar-refractivity contribution in [2.75, 3.05) is 20.1 Å². The molecule has 72 valence electrons. The molecule has 1 saturated heterocycles. The van der Waals surface area contributed by atoms with Gasteiger partial charge in [-0.25, -0.2) is 0 Å². The molecule has 0 amide bonds. The van der Waals surface area contributed by atoms with E-state index in [-0.39, 0.29) is 5.75 Å². The number of aromatic hydroxyl groups is 1. The van der Waals surface area contributed by atoms with E-state index in [0.29, 0.717) is 5.92 Å². The second-order valence-corrected chi connectivity index (χ2v) is 3.84. The molecule has 0 aromatic carbocycles. The number of rotatable bonds is 2. The number of likely N-dealkylation sites (tertiary alicyclic amines) is 1. The fourth-order valence-electron chi connectivity index (χ4n) is 1.89. The zero-order valence-corrected chi connectivity index (χ0v) is 7.85. The summed E-state index contributed by atoms with van der Waals surface area (Å²) in [6.45, 7) is 3.24. The van der Waals surface area contributed by atoms with Gasteiger partial charge in [-0.3, -0.25) is 4.68 Å². The van der Waals surface area contributed by atoms with E-state index in [2.05, 4.69) is 17.0 Å². The quantitative estimate of drug-likeness (QED) is 0.724. The average molecular weight is 181 g/mol. The van der Waals surface area contributed by atoms with Crippen LogP contribution in [-0.4, -0.2) is 39.9 Å². The first-order chi connectivity index (χ1) is 6.24. The van der Waals surface area contributed by atoms with Crippen LogP contribution in [0.5, 0.6) is 5.75 Å². The molecule has 1 aromatic rings. The molecule has 13 heavy (non-hydrogen) atoms. The molecule has 1 aliphatic heterocycles. The van der Waals surface area contributed by atoms with Crippen molar-refractivity contribution in [3.05, 3.63) is 12.4 Å². The standard InChI is InChI=1S/C9H15N3O/c1-11-3-2-8(5-11)6-12-7-9(13)4-10-12/h4,7-8,13H,2-3,5-6H2,1H3. The lowest BCUT2D eigenvalue weighted by atomic mass is 10.1. The van der Waals surface area contributed by atoms with Crippen LogP contribution in [0.3, 0.4) is 0 Å². The Morgan fingerprint density at radius 1 is 1.69 bits per heavy atom. The van der Waals surface area contributed by atoms with Gasteiger partial charge in [-0.2, -0.15) is 5.10 Å². The summed E-state index contributed by atoms with van der Waals surface area (Å²) in [6.07, 6.45) is 4.40. The van der Waals surface area contributed by atoms with Crippen LogP contribution in [0.15, 0.2) is 12.4 Å². The lowest BCUT2D eigenvalue weighted by Gasteiger charge is -2.09. The number of hydrogen-bond acceptors (Lipinski definition) is 3. The van der Waals surface area contributed by atoms with E-state index in [1.165, 1.54) is 19.2 Å². The van der Waals surface area contributed by atoms with Crippen LogP contribution in [0.25, 0.3) is 0 Å². The lowest BCUT2D eigenvalue weighted by Crippen LogP contribution is -2.17. The Bertz CT molecular complexity index is 284. The third-order valence-electron chi connectivity index (χ3n) is 2.55. The van der Waals surface area contributed by atoms with Crippen molar-refractivity contribution in [3.8, 4) is 5.75 Å². The zero-order valence-electron chi connectivity index (χ0n) is 7.85. The van der Waals surface area contributed by atoms with Crippen LogP contribution >= 0.6 is 0 Å². The third-order valence-corrected chi connectivity index (χ3v) is 2.55. The van der Waals surface area contributed by atoms with Crippen molar-refractivity contribution in [3.63, 3.8) is 0 Å². The normalized spacial score (nSPS) is 23.9. The SMILES string of the molecule is CN1CCC(Cn2cc(O)cn2)C1. The highest BCUT2D eigenvalue weighted by Gasteiger charge is 2.19. The van der Waals surface area contributed by atoms with Crippen molar-refractivity contribution in [2.45, 2.75) is 13.0 Å². The first-order valence-electron chi connectivity index (χ1n) is 4.64. The van der Waals surface area contributed by atoms with Gasteiger partial charge in [0, 0.05) is 13.1 Å². The first kappa shape index (κ1) is 8.56. The molecule has 1 atom stereocenters. The van der Waals surface area contributed by atoms with E-state index in [0.717, 1.165) is 13.1 Å². The largest absolute Gasteiger partial charge is 0.505 e. The molecule has 1 fully saturated rings. The molecular weight excluding hydrogens is 166 g/mol. The second kappa shape index (κ2) is 3.38. The Morgan fingerprint density at radius 3 is 3.08 bits per heavy atom. The highest BCUT2D eigenvalue weighted by atomic mass is 16.3. The zero-order chi connectivity index (χ0) is 9.26. The van der Waals surface area contributed by atoms with E-state index < -0.39 is 0 Å². The minimum Gasteiger partial charge on any atom is -0.505 e. The molecule has 0 saturated carbocycles. The number of hydrogen-bond donors (Lipinski definition) is 1. The fourth-order valence-corrected chi connectivity index (χ4v) is 1.89. The van der Waals surface area contributed by atoms with Crippen LogP contribution in [0.1, 0.15) is 6.42 Å². The van der Waals surface area contributed by atoms with E-state index >= 15 is 0 Å². The lowest BCUT2D eigenvalue weighted by molar-refractivity contribution is 0.369. The van der Waals surface area contributed by atoms with Crippen LogP contribution in [-0.2, 0) is 6.54 Å². The van der Waals surface area contributed by atoms with Gasteiger partial charge in [-0.15, -0.1) is 0 Å². The molecule has 1 aromatic heterocycles. The smallest absolute Gasteiger partial charge is 0.153 e. The maximum atomic E-state index is 9.09. The van der Waals surface area contributed by atoms with Crippen LogP contribution in [0.4, 0.5) is 0 Å². The molecule has 2 rings (SSSR count). The Balaban J connectivity index is 1.91. The van der Waals surface area contributed by atoms with E-state index in [9.17, 15) is 0 Å². The van der Waals surface area contributed by atoms with E-state index in [1.807, 2.05) is 4.68 Å². The van der Waals surface area contributed by atoms with Gasteiger partial charge >= 0.3 is 0 Å². The molecular formula is C9H15N3O. The van der Waals surface area contributed by atoms with Gasteiger partial charge in [-0.05, 0) is 25.9 Å². The molecule has 2 heterocycles. The predicted octanol–water partition coefficient (Wildman–Crippen LogP) is 0.540. The van der Waals surface area contributed by atoms with Crippen molar-refractivity contribution in [1.82, 2.24) is 14.7 Å². The first-order valence-corrected chi connectivity index (χ1v) is 4.64. The molecule has 0 aliphatic carbocycles. The Morgan fingerprint density at radius 2 is 2.54 bits per heavy atom. The maximum Gasteiger partial charge on any atom is 0.153 e. The van der Waals surface area contributed by atoms with Crippen molar-refractivity contribution in [2.24, 2.45) is 5.92 Å². The van der Waals surface area contributed by atoms with E-state index in [4.69, 9.17) is 5.11 Å². The van der Waals surface area contributed by atoms with Gasteiger partial charge in [0.2, 0.25) is 0 Å². The maximum absolute atomic E-state index is 9.09.